The maximum atomic E-state index is 5.50. The van der Waals surface area contributed by atoms with E-state index in [1.54, 1.807) is 0 Å². The molecular weight excluding hydrogens is 312 g/mol. The van der Waals surface area contributed by atoms with Crippen LogP contribution in [0.15, 0.2) is 4.99 Å². The first-order chi connectivity index (χ1) is 12.3. The number of aliphatic imine (C=N–C) groups is 1. The summed E-state index contributed by atoms with van der Waals surface area (Å²) in [7, 11) is 0. The minimum atomic E-state index is 0.679. The highest BCUT2D eigenvalue weighted by Gasteiger charge is 2.38. The molecule has 0 amide bonds. The van der Waals surface area contributed by atoms with Crippen LogP contribution in [-0.2, 0) is 4.74 Å². The molecule has 1 N–H and O–H groups in total. The van der Waals surface area contributed by atoms with E-state index in [1.165, 1.54) is 38.5 Å². The van der Waals surface area contributed by atoms with Crippen LogP contribution in [0, 0.1) is 17.8 Å². The van der Waals surface area contributed by atoms with Gasteiger partial charge >= 0.3 is 0 Å². The standard InChI is InChI=1S/C20H36N4O/c1-2-21-20(22-7-5-18-14-16-3-4-17(18)13-16)24-8-6-19(15-24)23-9-11-25-12-10-23/h16-19H,2-15H2,1H3,(H,21,22). The summed E-state index contributed by atoms with van der Waals surface area (Å²) in [5.74, 6) is 4.20. The molecule has 2 aliphatic carbocycles. The largest absolute Gasteiger partial charge is 0.379 e. The molecule has 4 atom stereocenters. The van der Waals surface area contributed by atoms with Gasteiger partial charge in [0.25, 0.3) is 0 Å². The summed E-state index contributed by atoms with van der Waals surface area (Å²) in [5.41, 5.74) is 0. The highest BCUT2D eigenvalue weighted by atomic mass is 16.5. The van der Waals surface area contributed by atoms with Crippen LogP contribution >= 0.6 is 0 Å². The van der Waals surface area contributed by atoms with Crippen molar-refractivity contribution in [1.82, 2.24) is 15.1 Å². The highest BCUT2D eigenvalue weighted by Crippen LogP contribution is 2.49. The van der Waals surface area contributed by atoms with Crippen LogP contribution in [0.4, 0.5) is 0 Å². The third-order valence-corrected chi connectivity index (χ3v) is 7.01. The van der Waals surface area contributed by atoms with Gasteiger partial charge in [-0.15, -0.1) is 0 Å². The zero-order chi connectivity index (χ0) is 17.1. The third-order valence-electron chi connectivity index (χ3n) is 7.01. The Hall–Kier alpha value is -0.810. The number of fused-ring (bicyclic) bond motifs is 2. The van der Waals surface area contributed by atoms with Crippen LogP contribution in [-0.4, -0.2) is 74.3 Å². The van der Waals surface area contributed by atoms with E-state index in [0.717, 1.165) is 76.2 Å². The second-order valence-electron chi connectivity index (χ2n) is 8.50. The van der Waals surface area contributed by atoms with E-state index in [2.05, 4.69) is 22.0 Å². The van der Waals surface area contributed by atoms with Crippen LogP contribution in [0.25, 0.3) is 0 Å². The van der Waals surface area contributed by atoms with E-state index in [0.29, 0.717) is 6.04 Å². The fourth-order valence-electron chi connectivity index (χ4n) is 5.67. The van der Waals surface area contributed by atoms with E-state index in [4.69, 9.17) is 9.73 Å². The first-order valence-electron chi connectivity index (χ1n) is 10.7. The van der Waals surface area contributed by atoms with E-state index in [9.17, 15) is 0 Å². The van der Waals surface area contributed by atoms with Crippen molar-refractivity contribution in [2.45, 2.75) is 51.5 Å². The minimum Gasteiger partial charge on any atom is -0.379 e. The van der Waals surface area contributed by atoms with Gasteiger partial charge in [-0.05, 0) is 56.8 Å². The zero-order valence-electron chi connectivity index (χ0n) is 16.0. The van der Waals surface area contributed by atoms with Crippen molar-refractivity contribution < 1.29 is 4.74 Å². The highest BCUT2D eigenvalue weighted by molar-refractivity contribution is 5.80. The molecule has 5 heteroatoms. The second-order valence-corrected chi connectivity index (χ2v) is 8.50. The van der Waals surface area contributed by atoms with Crippen LogP contribution in [0.2, 0.25) is 0 Å². The maximum absolute atomic E-state index is 5.50. The summed E-state index contributed by atoms with van der Waals surface area (Å²) in [4.78, 5) is 10.1. The molecule has 2 aliphatic heterocycles. The topological polar surface area (TPSA) is 40.1 Å². The Balaban J connectivity index is 1.28. The van der Waals surface area contributed by atoms with Gasteiger partial charge in [0.15, 0.2) is 5.96 Å². The van der Waals surface area contributed by atoms with Gasteiger partial charge in [0, 0.05) is 45.3 Å². The van der Waals surface area contributed by atoms with Crippen LogP contribution in [0.3, 0.4) is 0 Å². The van der Waals surface area contributed by atoms with Gasteiger partial charge in [-0.2, -0.15) is 0 Å². The molecule has 0 radical (unpaired) electrons. The van der Waals surface area contributed by atoms with Crippen LogP contribution < -0.4 is 5.32 Å². The lowest BCUT2D eigenvalue weighted by Gasteiger charge is -2.32. The number of hydrogen-bond donors (Lipinski definition) is 1. The van der Waals surface area contributed by atoms with Crippen molar-refractivity contribution in [2.75, 3.05) is 52.5 Å². The molecule has 2 bridgehead atoms. The molecule has 25 heavy (non-hydrogen) atoms. The predicted molar refractivity (Wildman–Crippen MR) is 102 cm³/mol. The quantitative estimate of drug-likeness (QED) is 0.611. The molecule has 4 fully saturated rings. The fourth-order valence-corrected chi connectivity index (χ4v) is 5.67. The lowest BCUT2D eigenvalue weighted by molar-refractivity contribution is 0.0195. The van der Waals surface area contributed by atoms with E-state index < -0.39 is 0 Å². The summed E-state index contributed by atoms with van der Waals surface area (Å²) in [6, 6.07) is 0.679. The van der Waals surface area contributed by atoms with Crippen molar-refractivity contribution in [3.05, 3.63) is 0 Å². The summed E-state index contributed by atoms with van der Waals surface area (Å²) in [5, 5.41) is 3.54. The number of nitrogens with one attached hydrogen (secondary N) is 1. The summed E-state index contributed by atoms with van der Waals surface area (Å²) >= 11 is 0. The predicted octanol–water partition coefficient (Wildman–Crippen LogP) is 2.18. The molecule has 2 saturated carbocycles. The Bertz CT molecular complexity index is 463. The Labute approximate surface area is 153 Å². The minimum absolute atomic E-state index is 0.679. The first kappa shape index (κ1) is 17.6. The van der Waals surface area contributed by atoms with E-state index in [-0.39, 0.29) is 0 Å². The molecular formula is C20H36N4O. The molecule has 5 nitrogen and oxygen atoms in total. The van der Waals surface area contributed by atoms with Gasteiger partial charge in [-0.25, -0.2) is 0 Å². The lowest BCUT2D eigenvalue weighted by Crippen LogP contribution is -2.46. The number of rotatable bonds is 5. The molecule has 4 unspecified atom stereocenters. The smallest absolute Gasteiger partial charge is 0.193 e. The second kappa shape index (κ2) is 8.26. The van der Waals surface area contributed by atoms with Crippen LogP contribution in [0.5, 0.6) is 0 Å². The van der Waals surface area contributed by atoms with Gasteiger partial charge < -0.3 is 15.0 Å². The zero-order valence-corrected chi connectivity index (χ0v) is 16.0. The lowest BCUT2D eigenvalue weighted by atomic mass is 9.86. The number of nitrogens with zero attached hydrogens (tertiary/aromatic N) is 3. The van der Waals surface area contributed by atoms with Crippen molar-refractivity contribution in [2.24, 2.45) is 22.7 Å². The third kappa shape index (κ3) is 4.13. The Kier molecular flexibility index (Phi) is 5.81. The Morgan fingerprint density at radius 1 is 1.12 bits per heavy atom. The van der Waals surface area contributed by atoms with Crippen molar-refractivity contribution >= 4 is 5.96 Å². The number of ether oxygens (including phenoxy) is 1. The van der Waals surface area contributed by atoms with Gasteiger partial charge in [-0.3, -0.25) is 9.89 Å². The molecule has 2 saturated heterocycles. The van der Waals surface area contributed by atoms with Crippen molar-refractivity contribution in [3.63, 3.8) is 0 Å². The average molecular weight is 349 g/mol. The van der Waals surface area contributed by atoms with Crippen molar-refractivity contribution in [3.8, 4) is 0 Å². The summed E-state index contributed by atoms with van der Waals surface area (Å²) < 4.78 is 5.50. The van der Waals surface area contributed by atoms with Gasteiger partial charge in [0.05, 0.1) is 13.2 Å². The molecule has 0 spiro atoms. The average Bonchev–Trinajstić information content (AvgIpc) is 3.38. The molecule has 0 aromatic rings. The van der Waals surface area contributed by atoms with Gasteiger partial charge in [0.1, 0.15) is 0 Å². The Morgan fingerprint density at radius 2 is 2.00 bits per heavy atom. The van der Waals surface area contributed by atoms with Crippen LogP contribution in [0.1, 0.15) is 45.4 Å². The summed E-state index contributed by atoms with van der Waals surface area (Å²) in [6.45, 7) is 10.4. The number of hydrogen-bond acceptors (Lipinski definition) is 3. The summed E-state index contributed by atoms with van der Waals surface area (Å²) in [6.07, 6.45) is 8.56. The number of likely N-dealkylation sites (tertiary alicyclic amines) is 1. The molecule has 4 rings (SSSR count). The normalized spacial score (nSPS) is 36.4. The maximum Gasteiger partial charge on any atom is 0.193 e. The molecule has 4 aliphatic rings. The molecule has 2 heterocycles. The van der Waals surface area contributed by atoms with Gasteiger partial charge in [0.2, 0.25) is 0 Å². The van der Waals surface area contributed by atoms with E-state index in [1.807, 2.05) is 0 Å². The van der Waals surface area contributed by atoms with Gasteiger partial charge in [-0.1, -0.05) is 6.42 Å². The Morgan fingerprint density at radius 3 is 2.72 bits per heavy atom. The monoisotopic (exact) mass is 348 g/mol. The fraction of sp³-hybridized carbons (Fsp3) is 0.950. The van der Waals surface area contributed by atoms with E-state index >= 15 is 0 Å². The molecule has 142 valence electrons. The number of morpholine rings is 1. The SMILES string of the molecule is CCNC(=NCCC1CC2CCC1C2)N1CCC(N2CCOCC2)C1. The first-order valence-corrected chi connectivity index (χ1v) is 10.7. The van der Waals surface area contributed by atoms with Crippen molar-refractivity contribution in [1.29, 1.82) is 0 Å². The molecule has 0 aromatic carbocycles. The number of guanidine groups is 1. The molecule has 0 aromatic heterocycles.